The number of rotatable bonds is 4. The van der Waals surface area contributed by atoms with Gasteiger partial charge in [0.2, 0.25) is 5.91 Å². The number of amides is 1. The van der Waals surface area contributed by atoms with Gasteiger partial charge in [-0.25, -0.2) is 0 Å². The predicted octanol–water partition coefficient (Wildman–Crippen LogP) is 1.26. The third-order valence-corrected chi connectivity index (χ3v) is 2.65. The predicted molar refractivity (Wildman–Crippen MR) is 53.9 cm³/mol. The number of carbonyl (C=O) groups is 2. The lowest BCUT2D eigenvalue weighted by molar-refractivity contribution is -0.146. The van der Waals surface area contributed by atoms with Crippen LogP contribution in [-0.2, 0) is 9.59 Å². The van der Waals surface area contributed by atoms with E-state index in [9.17, 15) is 9.59 Å². The highest BCUT2D eigenvalue weighted by molar-refractivity contribution is 5.96. The fraction of sp³-hybridized carbons (Fsp3) is 0.800. The van der Waals surface area contributed by atoms with Crippen LogP contribution in [0, 0.1) is 11.8 Å². The minimum absolute atomic E-state index is 0.257. The molecule has 1 amide bonds. The number of carbonyl (C=O) groups excluding carboxylic acids is 1. The van der Waals surface area contributed by atoms with Crippen LogP contribution < -0.4 is 5.32 Å². The standard InChI is InChI=1S/C10H19NO3/c1-6(2)10(4,5)11-8(12)7(3)9(13)14/h6-7H,1-5H3,(H,11,12)(H,13,14). The summed E-state index contributed by atoms with van der Waals surface area (Å²) < 4.78 is 0. The van der Waals surface area contributed by atoms with Gasteiger partial charge in [0, 0.05) is 5.54 Å². The van der Waals surface area contributed by atoms with Crippen LogP contribution in [-0.4, -0.2) is 22.5 Å². The van der Waals surface area contributed by atoms with Gasteiger partial charge in [0.05, 0.1) is 0 Å². The van der Waals surface area contributed by atoms with Gasteiger partial charge >= 0.3 is 5.97 Å². The van der Waals surface area contributed by atoms with Gasteiger partial charge in [0.15, 0.2) is 0 Å². The van der Waals surface area contributed by atoms with Gasteiger partial charge in [-0.3, -0.25) is 9.59 Å². The summed E-state index contributed by atoms with van der Waals surface area (Å²) in [6, 6.07) is 0. The average molecular weight is 201 g/mol. The molecule has 0 rings (SSSR count). The molecule has 0 fully saturated rings. The maximum atomic E-state index is 11.4. The number of nitrogens with one attached hydrogen (secondary N) is 1. The molecule has 0 aromatic heterocycles. The van der Waals surface area contributed by atoms with Gasteiger partial charge in [0.25, 0.3) is 0 Å². The fourth-order valence-electron chi connectivity index (χ4n) is 0.682. The van der Waals surface area contributed by atoms with E-state index < -0.39 is 17.8 Å². The number of carboxylic acid groups (broad SMARTS) is 1. The molecule has 2 N–H and O–H groups in total. The summed E-state index contributed by atoms with van der Waals surface area (Å²) in [4.78, 5) is 21.9. The zero-order valence-corrected chi connectivity index (χ0v) is 9.42. The van der Waals surface area contributed by atoms with Crippen LogP contribution in [0.5, 0.6) is 0 Å². The van der Waals surface area contributed by atoms with E-state index >= 15 is 0 Å². The van der Waals surface area contributed by atoms with Crippen LogP contribution in [0.1, 0.15) is 34.6 Å². The summed E-state index contributed by atoms with van der Waals surface area (Å²) in [7, 11) is 0. The average Bonchev–Trinajstić information content (AvgIpc) is 2.01. The van der Waals surface area contributed by atoms with Gasteiger partial charge in [-0.1, -0.05) is 13.8 Å². The van der Waals surface area contributed by atoms with Crippen molar-refractivity contribution in [3.8, 4) is 0 Å². The van der Waals surface area contributed by atoms with Crippen molar-refractivity contribution in [3.63, 3.8) is 0 Å². The number of carboxylic acids is 1. The highest BCUT2D eigenvalue weighted by atomic mass is 16.4. The van der Waals surface area contributed by atoms with Crippen molar-refractivity contribution >= 4 is 11.9 Å². The monoisotopic (exact) mass is 201 g/mol. The molecule has 0 aliphatic heterocycles. The Morgan fingerprint density at radius 1 is 1.21 bits per heavy atom. The Morgan fingerprint density at radius 3 is 1.93 bits per heavy atom. The Labute approximate surface area is 84.7 Å². The molecule has 0 bridgehead atoms. The van der Waals surface area contributed by atoms with Crippen molar-refractivity contribution in [1.29, 1.82) is 0 Å². The topological polar surface area (TPSA) is 66.4 Å². The Kier molecular flexibility index (Phi) is 4.10. The first-order valence-electron chi connectivity index (χ1n) is 4.73. The van der Waals surface area contributed by atoms with Crippen molar-refractivity contribution in [2.75, 3.05) is 0 Å². The number of hydrogen-bond donors (Lipinski definition) is 2. The van der Waals surface area contributed by atoms with Crippen molar-refractivity contribution in [2.24, 2.45) is 11.8 Å². The molecule has 4 heteroatoms. The second-order valence-corrected chi connectivity index (χ2v) is 4.43. The molecular formula is C10H19NO3. The van der Waals surface area contributed by atoms with Crippen LogP contribution in [0.2, 0.25) is 0 Å². The van der Waals surface area contributed by atoms with Crippen LogP contribution in [0.3, 0.4) is 0 Å². The van der Waals surface area contributed by atoms with E-state index in [-0.39, 0.29) is 11.5 Å². The Hall–Kier alpha value is -1.06. The van der Waals surface area contributed by atoms with Gasteiger partial charge in [-0.2, -0.15) is 0 Å². The molecule has 1 atom stereocenters. The molecule has 0 heterocycles. The van der Waals surface area contributed by atoms with Gasteiger partial charge < -0.3 is 10.4 Å². The largest absolute Gasteiger partial charge is 0.481 e. The van der Waals surface area contributed by atoms with Crippen molar-refractivity contribution in [3.05, 3.63) is 0 Å². The first-order valence-corrected chi connectivity index (χ1v) is 4.73. The number of aliphatic carboxylic acids is 1. The summed E-state index contributed by atoms with van der Waals surface area (Å²) in [5.41, 5.74) is -0.374. The second kappa shape index (κ2) is 4.44. The number of hydrogen-bond acceptors (Lipinski definition) is 2. The molecule has 0 aliphatic carbocycles. The third kappa shape index (κ3) is 3.36. The molecule has 0 spiro atoms. The van der Waals surface area contributed by atoms with E-state index in [0.29, 0.717) is 0 Å². The fourth-order valence-corrected chi connectivity index (χ4v) is 0.682. The molecule has 4 nitrogen and oxygen atoms in total. The lowest BCUT2D eigenvalue weighted by Crippen LogP contribution is -2.50. The molecule has 0 aromatic rings. The van der Waals surface area contributed by atoms with Gasteiger partial charge in [0.1, 0.15) is 5.92 Å². The Balaban J connectivity index is 4.40. The smallest absolute Gasteiger partial charge is 0.315 e. The molecular weight excluding hydrogens is 182 g/mol. The zero-order chi connectivity index (χ0) is 11.5. The van der Waals surface area contributed by atoms with Crippen LogP contribution in [0.4, 0.5) is 0 Å². The molecule has 1 unspecified atom stereocenters. The van der Waals surface area contributed by atoms with E-state index in [4.69, 9.17) is 5.11 Å². The normalized spacial score (nSPS) is 13.9. The SMILES string of the molecule is CC(C(=O)O)C(=O)NC(C)(C)C(C)C. The van der Waals surface area contributed by atoms with E-state index in [2.05, 4.69) is 5.32 Å². The minimum atomic E-state index is -1.10. The summed E-state index contributed by atoms with van der Waals surface area (Å²) >= 11 is 0. The molecule has 0 saturated heterocycles. The van der Waals surface area contributed by atoms with Crippen LogP contribution in [0.15, 0.2) is 0 Å². The van der Waals surface area contributed by atoms with Crippen molar-refractivity contribution in [1.82, 2.24) is 5.32 Å². The minimum Gasteiger partial charge on any atom is -0.481 e. The first-order chi connectivity index (χ1) is 6.18. The summed E-state index contributed by atoms with van der Waals surface area (Å²) in [6.07, 6.45) is 0. The van der Waals surface area contributed by atoms with Crippen molar-refractivity contribution < 1.29 is 14.7 Å². The maximum Gasteiger partial charge on any atom is 0.315 e. The summed E-state index contributed by atoms with van der Waals surface area (Å²) in [6.45, 7) is 9.10. The van der Waals surface area contributed by atoms with E-state index in [1.165, 1.54) is 6.92 Å². The Morgan fingerprint density at radius 2 is 1.64 bits per heavy atom. The van der Waals surface area contributed by atoms with Crippen LogP contribution >= 0.6 is 0 Å². The van der Waals surface area contributed by atoms with E-state index in [1.807, 2.05) is 27.7 Å². The molecule has 82 valence electrons. The molecule has 0 aromatic carbocycles. The highest BCUT2D eigenvalue weighted by Gasteiger charge is 2.29. The summed E-state index contributed by atoms with van der Waals surface area (Å²) in [5.74, 6) is -2.27. The molecule has 0 aliphatic rings. The first kappa shape index (κ1) is 12.9. The summed E-state index contributed by atoms with van der Waals surface area (Å²) in [5, 5.41) is 11.3. The quantitative estimate of drug-likeness (QED) is 0.673. The Bertz CT molecular complexity index is 234. The molecule has 0 radical (unpaired) electrons. The second-order valence-electron chi connectivity index (χ2n) is 4.43. The third-order valence-electron chi connectivity index (χ3n) is 2.65. The van der Waals surface area contributed by atoms with Crippen molar-refractivity contribution in [2.45, 2.75) is 40.2 Å². The molecule has 14 heavy (non-hydrogen) atoms. The van der Waals surface area contributed by atoms with E-state index in [1.54, 1.807) is 0 Å². The zero-order valence-electron chi connectivity index (χ0n) is 9.42. The maximum absolute atomic E-state index is 11.4. The molecule has 0 saturated carbocycles. The van der Waals surface area contributed by atoms with Gasteiger partial charge in [-0.05, 0) is 26.7 Å². The lowest BCUT2D eigenvalue weighted by atomic mass is 9.90. The lowest BCUT2D eigenvalue weighted by Gasteiger charge is -2.31. The van der Waals surface area contributed by atoms with Gasteiger partial charge in [-0.15, -0.1) is 0 Å². The highest BCUT2D eigenvalue weighted by Crippen LogP contribution is 2.15. The van der Waals surface area contributed by atoms with Crippen LogP contribution in [0.25, 0.3) is 0 Å². The van der Waals surface area contributed by atoms with E-state index in [0.717, 1.165) is 0 Å².